The van der Waals surface area contributed by atoms with Gasteiger partial charge in [-0.3, -0.25) is 9.59 Å². The number of amides is 1. The second-order valence-corrected chi connectivity index (χ2v) is 7.73. The number of fused-ring (bicyclic) bond motifs is 3. The maximum Gasteiger partial charge on any atom is 0.341 e. The second-order valence-electron chi connectivity index (χ2n) is 7.73. The molecule has 1 atom stereocenters. The number of carbonyl (C=O) groups is 2. The molecular weight excluding hydrogens is 367 g/mol. The molecule has 1 saturated heterocycles. The van der Waals surface area contributed by atoms with Crippen molar-refractivity contribution < 1.29 is 19.1 Å². The van der Waals surface area contributed by atoms with Crippen LogP contribution in [-0.4, -0.2) is 40.7 Å². The van der Waals surface area contributed by atoms with Gasteiger partial charge in [0, 0.05) is 37.9 Å². The average molecular weight is 386 g/mol. The summed E-state index contributed by atoms with van der Waals surface area (Å²) in [5, 5.41) is 12.1. The summed E-state index contributed by atoms with van der Waals surface area (Å²) in [6.07, 6.45) is 3.49. The molecular formula is C19H19FN4O4. The predicted molar refractivity (Wildman–Crippen MR) is 99.4 cm³/mol. The number of carbonyl (C=O) groups excluding carboxylic acids is 1. The summed E-state index contributed by atoms with van der Waals surface area (Å²) in [6, 6.07) is -0.164. The first kappa shape index (κ1) is 17.2. The minimum absolute atomic E-state index is 0.00936. The fourth-order valence-electron chi connectivity index (χ4n) is 4.39. The summed E-state index contributed by atoms with van der Waals surface area (Å²) in [5.41, 5.74) is 5.58. The van der Waals surface area contributed by atoms with E-state index in [1.807, 2.05) is 0 Å². The van der Waals surface area contributed by atoms with Crippen LogP contribution < -0.4 is 21.4 Å². The van der Waals surface area contributed by atoms with Crippen LogP contribution in [0.5, 0.6) is 0 Å². The Kier molecular flexibility index (Phi) is 3.54. The molecule has 1 aromatic heterocycles. The molecule has 0 radical (unpaired) electrons. The molecule has 28 heavy (non-hydrogen) atoms. The van der Waals surface area contributed by atoms with Crippen LogP contribution in [0.15, 0.2) is 11.0 Å². The summed E-state index contributed by atoms with van der Waals surface area (Å²) in [7, 11) is 0. The normalized spacial score (nSPS) is 21.3. The van der Waals surface area contributed by atoms with E-state index in [-0.39, 0.29) is 40.8 Å². The highest BCUT2D eigenvalue weighted by Gasteiger charge is 2.37. The van der Waals surface area contributed by atoms with Crippen molar-refractivity contribution in [2.24, 2.45) is 5.73 Å². The van der Waals surface area contributed by atoms with Gasteiger partial charge in [0.05, 0.1) is 22.2 Å². The molecule has 146 valence electrons. The smallest absolute Gasteiger partial charge is 0.341 e. The number of benzene rings is 1. The summed E-state index contributed by atoms with van der Waals surface area (Å²) in [5.74, 6) is -2.47. The Morgan fingerprint density at radius 2 is 2.04 bits per heavy atom. The molecule has 1 aromatic carbocycles. The highest BCUT2D eigenvalue weighted by atomic mass is 19.1. The first-order valence-electron chi connectivity index (χ1n) is 9.33. The number of carboxylic acids is 1. The number of anilines is 1. The number of nitrogens with zero attached hydrogens (tertiary/aromatic N) is 2. The third-order valence-corrected chi connectivity index (χ3v) is 5.86. The van der Waals surface area contributed by atoms with Gasteiger partial charge in [0.1, 0.15) is 5.56 Å². The van der Waals surface area contributed by atoms with Crippen molar-refractivity contribution in [2.75, 3.05) is 18.0 Å². The van der Waals surface area contributed by atoms with Gasteiger partial charge >= 0.3 is 5.97 Å². The molecule has 2 aromatic rings. The van der Waals surface area contributed by atoms with Gasteiger partial charge in [0.25, 0.3) is 5.91 Å². The standard InChI is InChI=1S/C19H19FN4O4/c20-14-15(23-4-3-8(21)6-23)13-10(5-22-18(13)26)12-16(14)24(9-1-2-9)7-11(17(12)25)19(27)28/h7-9H,1-6,21H2,(H,22,26)(H,27,28). The first-order valence-corrected chi connectivity index (χ1v) is 9.33. The van der Waals surface area contributed by atoms with E-state index >= 15 is 4.39 Å². The number of hydrogen-bond donors (Lipinski definition) is 3. The molecule has 0 bridgehead atoms. The van der Waals surface area contributed by atoms with Crippen LogP contribution in [0, 0.1) is 5.82 Å². The predicted octanol–water partition coefficient (Wildman–Crippen LogP) is 0.954. The number of pyridine rings is 1. The molecule has 1 unspecified atom stereocenters. The van der Waals surface area contributed by atoms with E-state index in [1.165, 1.54) is 6.20 Å². The lowest BCUT2D eigenvalue weighted by atomic mass is 9.98. The van der Waals surface area contributed by atoms with Crippen LogP contribution in [0.25, 0.3) is 10.9 Å². The average Bonchev–Trinajstić information content (AvgIpc) is 3.30. The molecule has 1 aliphatic carbocycles. The summed E-state index contributed by atoms with van der Waals surface area (Å²) in [6.45, 7) is 1.01. The molecule has 9 heteroatoms. The van der Waals surface area contributed by atoms with Gasteiger partial charge in [-0.1, -0.05) is 0 Å². The monoisotopic (exact) mass is 386 g/mol. The van der Waals surface area contributed by atoms with E-state index in [9.17, 15) is 19.5 Å². The van der Waals surface area contributed by atoms with Crippen LogP contribution in [0.3, 0.4) is 0 Å². The Morgan fingerprint density at radius 3 is 2.64 bits per heavy atom. The van der Waals surface area contributed by atoms with Gasteiger partial charge in [0.15, 0.2) is 5.82 Å². The second kappa shape index (κ2) is 5.78. The zero-order valence-electron chi connectivity index (χ0n) is 15.0. The topological polar surface area (TPSA) is 118 Å². The number of hydrogen-bond acceptors (Lipinski definition) is 5. The molecule has 4 N–H and O–H groups in total. The quantitative estimate of drug-likeness (QED) is 0.723. The highest BCUT2D eigenvalue weighted by molar-refractivity contribution is 6.10. The molecule has 5 rings (SSSR count). The fourth-order valence-corrected chi connectivity index (χ4v) is 4.39. The molecule has 8 nitrogen and oxygen atoms in total. The highest BCUT2D eigenvalue weighted by Crippen LogP contribution is 2.42. The van der Waals surface area contributed by atoms with Crippen LogP contribution in [0.2, 0.25) is 0 Å². The Hall–Kier alpha value is -2.94. The lowest BCUT2D eigenvalue weighted by Crippen LogP contribution is -2.29. The Bertz CT molecular complexity index is 1120. The minimum Gasteiger partial charge on any atom is -0.477 e. The van der Waals surface area contributed by atoms with Gasteiger partial charge in [0.2, 0.25) is 5.43 Å². The zero-order chi connectivity index (χ0) is 19.7. The van der Waals surface area contributed by atoms with E-state index in [4.69, 9.17) is 5.73 Å². The number of aromatic nitrogens is 1. The van der Waals surface area contributed by atoms with Crippen molar-refractivity contribution in [3.63, 3.8) is 0 Å². The van der Waals surface area contributed by atoms with Gasteiger partial charge < -0.3 is 25.6 Å². The molecule has 3 aliphatic rings. The van der Waals surface area contributed by atoms with Crippen LogP contribution in [0.4, 0.5) is 10.1 Å². The minimum atomic E-state index is -1.36. The van der Waals surface area contributed by atoms with Crippen molar-refractivity contribution in [1.82, 2.24) is 9.88 Å². The molecule has 1 saturated carbocycles. The Morgan fingerprint density at radius 1 is 1.29 bits per heavy atom. The van der Waals surface area contributed by atoms with E-state index in [0.717, 1.165) is 12.8 Å². The maximum atomic E-state index is 15.9. The van der Waals surface area contributed by atoms with Crippen LogP contribution in [0.1, 0.15) is 51.6 Å². The van der Waals surface area contributed by atoms with Gasteiger partial charge in [-0.25, -0.2) is 9.18 Å². The molecule has 2 aliphatic heterocycles. The van der Waals surface area contributed by atoms with E-state index in [0.29, 0.717) is 25.1 Å². The largest absolute Gasteiger partial charge is 0.477 e. The van der Waals surface area contributed by atoms with Crippen molar-refractivity contribution in [3.05, 3.63) is 38.9 Å². The number of rotatable bonds is 3. The third-order valence-electron chi connectivity index (χ3n) is 5.86. The van der Waals surface area contributed by atoms with Gasteiger partial charge in [-0.05, 0) is 24.8 Å². The SMILES string of the molecule is NC1CCN(c2c3c(c4c(=O)c(C(=O)O)cn(C5CC5)c4c2F)CNC3=O)C1. The van der Waals surface area contributed by atoms with Crippen LogP contribution >= 0.6 is 0 Å². The van der Waals surface area contributed by atoms with Crippen molar-refractivity contribution >= 4 is 28.5 Å². The van der Waals surface area contributed by atoms with E-state index in [1.54, 1.807) is 9.47 Å². The summed E-state index contributed by atoms with van der Waals surface area (Å²) in [4.78, 5) is 38.8. The maximum absolute atomic E-state index is 15.9. The van der Waals surface area contributed by atoms with Crippen molar-refractivity contribution in [2.45, 2.75) is 37.9 Å². The van der Waals surface area contributed by atoms with Gasteiger partial charge in [-0.2, -0.15) is 0 Å². The molecule has 2 fully saturated rings. The number of halogens is 1. The first-order chi connectivity index (χ1) is 13.4. The lowest BCUT2D eigenvalue weighted by molar-refractivity contribution is 0.0694. The van der Waals surface area contributed by atoms with Gasteiger partial charge in [-0.15, -0.1) is 0 Å². The number of carboxylic acid groups (broad SMARTS) is 1. The summed E-state index contributed by atoms with van der Waals surface area (Å²) >= 11 is 0. The zero-order valence-corrected chi connectivity index (χ0v) is 15.0. The summed E-state index contributed by atoms with van der Waals surface area (Å²) < 4.78 is 17.4. The van der Waals surface area contributed by atoms with Crippen molar-refractivity contribution in [3.8, 4) is 0 Å². The van der Waals surface area contributed by atoms with E-state index < -0.39 is 28.7 Å². The number of aromatic carboxylic acids is 1. The van der Waals surface area contributed by atoms with Crippen molar-refractivity contribution in [1.29, 1.82) is 0 Å². The fraction of sp³-hybridized carbons (Fsp3) is 0.421. The van der Waals surface area contributed by atoms with Crippen LogP contribution in [-0.2, 0) is 6.54 Å². The Balaban J connectivity index is 1.92. The lowest BCUT2D eigenvalue weighted by Gasteiger charge is -2.24. The van der Waals surface area contributed by atoms with E-state index in [2.05, 4.69) is 5.32 Å². The third kappa shape index (κ3) is 2.29. The molecule has 0 spiro atoms. The number of nitrogens with one attached hydrogen (secondary N) is 1. The number of nitrogens with two attached hydrogens (primary N) is 1. The Labute approximate surface area is 158 Å². The molecule has 1 amide bonds. The molecule has 3 heterocycles.